The zero-order valence-electron chi connectivity index (χ0n) is 8.69. The molecule has 0 unspecified atom stereocenters. The molecule has 1 aliphatic carbocycles. The Kier molecular flexibility index (Phi) is 3.30. The van der Waals surface area contributed by atoms with Gasteiger partial charge in [-0.25, -0.2) is 9.59 Å². The number of hydrogen-bond donors (Lipinski definition) is 2. The molecule has 1 rings (SSSR count). The van der Waals surface area contributed by atoms with E-state index in [4.69, 9.17) is 10.8 Å². The summed E-state index contributed by atoms with van der Waals surface area (Å²) >= 11 is 0. The van der Waals surface area contributed by atoms with Gasteiger partial charge in [0.15, 0.2) is 0 Å². The van der Waals surface area contributed by atoms with Gasteiger partial charge < -0.3 is 15.6 Å². The van der Waals surface area contributed by atoms with Crippen LogP contribution in [0.1, 0.15) is 0 Å². The van der Waals surface area contributed by atoms with Crippen LogP contribution in [0.25, 0.3) is 0 Å². The summed E-state index contributed by atoms with van der Waals surface area (Å²) in [6.45, 7) is 3.59. The Balaban J connectivity index is 3.27. The van der Waals surface area contributed by atoms with Gasteiger partial charge in [-0.2, -0.15) is 0 Å². The van der Waals surface area contributed by atoms with Gasteiger partial charge in [-0.1, -0.05) is 6.58 Å². The van der Waals surface area contributed by atoms with E-state index in [1.807, 2.05) is 0 Å². The minimum absolute atomic E-state index is 0.0675. The molecule has 0 atom stereocenters. The van der Waals surface area contributed by atoms with E-state index in [0.29, 0.717) is 5.57 Å². The van der Waals surface area contributed by atoms with Crippen molar-refractivity contribution in [2.75, 3.05) is 7.11 Å². The topological polar surface area (TPSA) is 89.6 Å². The summed E-state index contributed by atoms with van der Waals surface area (Å²) < 4.78 is 4.50. The van der Waals surface area contributed by atoms with Gasteiger partial charge in [0, 0.05) is 5.70 Å². The van der Waals surface area contributed by atoms with Crippen molar-refractivity contribution in [3.05, 3.63) is 47.2 Å². The van der Waals surface area contributed by atoms with Crippen LogP contribution in [0.2, 0.25) is 0 Å². The molecule has 0 fully saturated rings. The molecule has 0 saturated carbocycles. The lowest BCUT2D eigenvalue weighted by atomic mass is 10.1. The average Bonchev–Trinajstić information content (AvgIpc) is 2.38. The SMILES string of the molecule is C=C1C=C(C(=O)O)C=C(C(=O)OC)C=C1N. The van der Waals surface area contributed by atoms with Crippen molar-refractivity contribution < 1.29 is 19.4 Å². The van der Waals surface area contributed by atoms with Gasteiger partial charge in [-0.3, -0.25) is 0 Å². The highest BCUT2D eigenvalue weighted by atomic mass is 16.5. The number of carbonyl (C=O) groups excluding carboxylic acids is 1. The molecule has 3 N–H and O–H groups in total. The lowest BCUT2D eigenvalue weighted by molar-refractivity contribution is -0.135. The molecule has 84 valence electrons. The standard InChI is InChI=1S/C11H11NO4/c1-6-3-7(10(13)14)4-8(5-9(6)12)11(15)16-2/h3-5H,1,12H2,2H3,(H,13,14). The first kappa shape index (κ1) is 11.8. The predicted molar refractivity (Wildman–Crippen MR) is 57.2 cm³/mol. The summed E-state index contributed by atoms with van der Waals surface area (Å²) in [4.78, 5) is 22.1. The Morgan fingerprint density at radius 2 is 1.94 bits per heavy atom. The van der Waals surface area contributed by atoms with Gasteiger partial charge >= 0.3 is 11.9 Å². The molecule has 0 aromatic carbocycles. The van der Waals surface area contributed by atoms with E-state index in [1.165, 1.54) is 25.3 Å². The van der Waals surface area contributed by atoms with Crippen LogP contribution in [0.15, 0.2) is 47.2 Å². The number of aliphatic carboxylic acids is 1. The van der Waals surface area contributed by atoms with Crippen LogP contribution in [0.3, 0.4) is 0 Å². The van der Waals surface area contributed by atoms with Crippen molar-refractivity contribution in [1.82, 2.24) is 0 Å². The van der Waals surface area contributed by atoms with Gasteiger partial charge in [0.2, 0.25) is 0 Å². The number of carboxylic acids is 1. The maximum absolute atomic E-state index is 11.3. The smallest absolute Gasteiger partial charge is 0.337 e. The molecule has 0 radical (unpaired) electrons. The highest BCUT2D eigenvalue weighted by molar-refractivity contribution is 5.98. The monoisotopic (exact) mass is 221 g/mol. The fraction of sp³-hybridized carbons (Fsp3) is 0.0909. The van der Waals surface area contributed by atoms with Gasteiger partial charge in [-0.15, -0.1) is 0 Å². The molecule has 0 aromatic heterocycles. The highest BCUT2D eigenvalue weighted by Gasteiger charge is 2.16. The molecule has 5 nitrogen and oxygen atoms in total. The zero-order chi connectivity index (χ0) is 12.3. The highest BCUT2D eigenvalue weighted by Crippen LogP contribution is 2.18. The van der Waals surface area contributed by atoms with Gasteiger partial charge in [0.05, 0.1) is 18.3 Å². The molecule has 0 bridgehead atoms. The molecule has 0 aliphatic heterocycles. The van der Waals surface area contributed by atoms with Gasteiger partial charge in [-0.05, 0) is 23.8 Å². The number of hydrogen-bond acceptors (Lipinski definition) is 4. The summed E-state index contributed by atoms with van der Waals surface area (Å²) in [6.07, 6.45) is 3.82. The molecule has 1 aliphatic rings. The summed E-state index contributed by atoms with van der Waals surface area (Å²) in [6, 6.07) is 0. The second kappa shape index (κ2) is 4.48. The number of rotatable bonds is 2. The minimum atomic E-state index is -1.16. The molecular formula is C11H11NO4. The van der Waals surface area contributed by atoms with Crippen LogP contribution in [0.5, 0.6) is 0 Å². The van der Waals surface area contributed by atoms with Crippen molar-refractivity contribution in [3.63, 3.8) is 0 Å². The zero-order valence-corrected chi connectivity index (χ0v) is 8.69. The summed E-state index contributed by atoms with van der Waals surface area (Å²) in [5, 5.41) is 8.87. The molecule has 0 aromatic rings. The maximum atomic E-state index is 11.3. The third-order valence-corrected chi connectivity index (χ3v) is 1.99. The Morgan fingerprint density at radius 1 is 1.31 bits per heavy atom. The number of carboxylic acid groups (broad SMARTS) is 1. The Labute approximate surface area is 92.2 Å². The lowest BCUT2D eigenvalue weighted by Gasteiger charge is -2.00. The molecule has 0 spiro atoms. The van der Waals surface area contributed by atoms with Gasteiger partial charge in [0.25, 0.3) is 0 Å². The third kappa shape index (κ3) is 2.38. The molecule has 0 saturated heterocycles. The number of esters is 1. The molecule has 0 heterocycles. The second-order valence-corrected chi connectivity index (χ2v) is 3.12. The largest absolute Gasteiger partial charge is 0.478 e. The van der Waals surface area contributed by atoms with Crippen LogP contribution in [0, 0.1) is 0 Å². The Bertz CT molecular complexity index is 455. The van der Waals surface area contributed by atoms with Crippen molar-refractivity contribution in [2.45, 2.75) is 0 Å². The average molecular weight is 221 g/mol. The van der Waals surface area contributed by atoms with E-state index in [-0.39, 0.29) is 16.8 Å². The van der Waals surface area contributed by atoms with E-state index in [9.17, 15) is 9.59 Å². The maximum Gasteiger partial charge on any atom is 0.337 e. The van der Waals surface area contributed by atoms with Crippen molar-refractivity contribution in [1.29, 1.82) is 0 Å². The fourth-order valence-electron chi connectivity index (χ4n) is 1.14. The normalized spacial score (nSPS) is 15.6. The summed E-state index contributed by atoms with van der Waals surface area (Å²) in [5.41, 5.74) is 6.18. The number of ether oxygens (including phenoxy) is 1. The number of carbonyl (C=O) groups is 2. The van der Waals surface area contributed by atoms with Gasteiger partial charge in [0.1, 0.15) is 0 Å². The van der Waals surface area contributed by atoms with E-state index in [1.54, 1.807) is 0 Å². The first-order chi connectivity index (χ1) is 7.45. The van der Waals surface area contributed by atoms with E-state index < -0.39 is 11.9 Å². The van der Waals surface area contributed by atoms with Crippen molar-refractivity contribution in [2.24, 2.45) is 5.73 Å². The van der Waals surface area contributed by atoms with Crippen molar-refractivity contribution >= 4 is 11.9 Å². The van der Waals surface area contributed by atoms with Crippen LogP contribution in [0.4, 0.5) is 0 Å². The second-order valence-electron chi connectivity index (χ2n) is 3.12. The first-order valence-electron chi connectivity index (χ1n) is 4.37. The van der Waals surface area contributed by atoms with E-state index >= 15 is 0 Å². The quantitative estimate of drug-likeness (QED) is 0.663. The minimum Gasteiger partial charge on any atom is -0.478 e. The first-order valence-corrected chi connectivity index (χ1v) is 4.37. The Morgan fingerprint density at radius 3 is 2.44 bits per heavy atom. The summed E-state index contributed by atoms with van der Waals surface area (Å²) in [7, 11) is 1.21. The molecular weight excluding hydrogens is 210 g/mol. The molecule has 5 heteroatoms. The van der Waals surface area contributed by atoms with Crippen LogP contribution >= 0.6 is 0 Å². The number of methoxy groups -OCH3 is 1. The fourth-order valence-corrected chi connectivity index (χ4v) is 1.14. The molecule has 16 heavy (non-hydrogen) atoms. The number of allylic oxidation sites excluding steroid dienone is 1. The van der Waals surface area contributed by atoms with Crippen LogP contribution in [-0.2, 0) is 14.3 Å². The number of nitrogens with two attached hydrogens (primary N) is 1. The summed E-state index contributed by atoms with van der Waals surface area (Å²) in [5.74, 6) is -1.81. The van der Waals surface area contributed by atoms with E-state index in [2.05, 4.69) is 11.3 Å². The lowest BCUT2D eigenvalue weighted by Crippen LogP contribution is -2.06. The molecule has 0 amide bonds. The van der Waals surface area contributed by atoms with E-state index in [0.717, 1.165) is 0 Å². The Hall–Kier alpha value is -2.30. The van der Waals surface area contributed by atoms with Crippen molar-refractivity contribution in [3.8, 4) is 0 Å². The predicted octanol–water partition coefficient (Wildman–Crippen LogP) is 0.509. The van der Waals surface area contributed by atoms with Crippen LogP contribution in [-0.4, -0.2) is 24.2 Å². The third-order valence-electron chi connectivity index (χ3n) is 1.99. The van der Waals surface area contributed by atoms with Crippen LogP contribution < -0.4 is 5.73 Å².